The summed E-state index contributed by atoms with van der Waals surface area (Å²) in [5.41, 5.74) is 1.39. The average Bonchev–Trinajstić information content (AvgIpc) is 3.35. The van der Waals surface area contributed by atoms with Gasteiger partial charge in [0.05, 0.1) is 25.3 Å². The molecule has 0 atom stereocenters. The van der Waals surface area contributed by atoms with E-state index in [1.165, 1.54) is 11.8 Å². The number of rotatable bonds is 9. The molecule has 0 fully saturated rings. The molecule has 33 heavy (non-hydrogen) atoms. The summed E-state index contributed by atoms with van der Waals surface area (Å²) in [6.45, 7) is 4.05. The van der Waals surface area contributed by atoms with Crippen molar-refractivity contribution in [2.24, 2.45) is 0 Å². The van der Waals surface area contributed by atoms with Crippen molar-refractivity contribution in [2.45, 2.75) is 36.7 Å². The smallest absolute Gasteiger partial charge is 0.273 e. The van der Waals surface area contributed by atoms with Crippen LogP contribution < -0.4 is 9.47 Å². The maximum atomic E-state index is 13.5. The third-order valence-corrected chi connectivity index (χ3v) is 7.89. The van der Waals surface area contributed by atoms with Gasteiger partial charge in [-0.25, -0.2) is 12.7 Å². The first-order valence-corrected chi connectivity index (χ1v) is 12.8. The molecule has 0 saturated heterocycles. The maximum absolute atomic E-state index is 13.5. The summed E-state index contributed by atoms with van der Waals surface area (Å²) >= 11 is 1.04. The van der Waals surface area contributed by atoms with Crippen LogP contribution in [0, 0.1) is 0 Å². The van der Waals surface area contributed by atoms with Gasteiger partial charge in [-0.1, -0.05) is 43.3 Å². The van der Waals surface area contributed by atoms with Crippen LogP contribution in [0.4, 0.5) is 0 Å². The molecule has 12 heteroatoms. The van der Waals surface area contributed by atoms with Gasteiger partial charge in [0.15, 0.2) is 0 Å². The van der Waals surface area contributed by atoms with Gasteiger partial charge >= 0.3 is 0 Å². The van der Waals surface area contributed by atoms with Crippen molar-refractivity contribution in [1.82, 2.24) is 24.5 Å². The first-order valence-electron chi connectivity index (χ1n) is 10.3. The van der Waals surface area contributed by atoms with E-state index in [-0.39, 0.29) is 34.4 Å². The minimum atomic E-state index is -4.17. The first kappa shape index (κ1) is 23.1. The van der Waals surface area contributed by atoms with Gasteiger partial charge in [-0.3, -0.25) is 4.79 Å². The Morgan fingerprint density at radius 1 is 1.15 bits per heavy atom. The van der Waals surface area contributed by atoms with Crippen molar-refractivity contribution in [3.63, 3.8) is 0 Å². The molecule has 0 spiro atoms. The molecule has 3 aromatic rings. The van der Waals surface area contributed by atoms with Crippen LogP contribution in [0.5, 0.6) is 11.5 Å². The number of tetrazole rings is 1. The van der Waals surface area contributed by atoms with Gasteiger partial charge in [0.25, 0.3) is 15.9 Å². The second-order valence-electron chi connectivity index (χ2n) is 7.10. The second kappa shape index (κ2) is 9.40. The highest BCUT2D eigenvalue weighted by Gasteiger charge is 2.47. The van der Waals surface area contributed by atoms with Gasteiger partial charge in [-0.2, -0.15) is 4.68 Å². The number of benzene rings is 2. The number of hydrogen-bond acceptors (Lipinski definition) is 9. The lowest BCUT2D eigenvalue weighted by Crippen LogP contribution is -2.30. The van der Waals surface area contributed by atoms with Crippen LogP contribution in [-0.2, 0) is 16.4 Å². The zero-order chi connectivity index (χ0) is 23.6. The predicted molar refractivity (Wildman–Crippen MR) is 121 cm³/mol. The number of thioether (sulfide) groups is 1. The lowest BCUT2D eigenvalue weighted by molar-refractivity contribution is 0.0883. The van der Waals surface area contributed by atoms with Crippen LogP contribution >= 0.6 is 11.8 Å². The normalized spacial score (nSPS) is 14.4. The molecule has 0 unspecified atom stereocenters. The topological polar surface area (TPSA) is 117 Å². The van der Waals surface area contributed by atoms with Crippen molar-refractivity contribution in [1.29, 1.82) is 0 Å². The minimum Gasteiger partial charge on any atom is -0.495 e. The summed E-state index contributed by atoms with van der Waals surface area (Å²) in [5.74, 6) is -0.445. The molecule has 174 valence electrons. The molecule has 0 saturated carbocycles. The maximum Gasteiger partial charge on any atom is 0.273 e. The molecule has 1 aromatic heterocycles. The van der Waals surface area contributed by atoms with Crippen LogP contribution in [0.3, 0.4) is 0 Å². The number of methoxy groups -OCH3 is 1. The third-order valence-electron chi connectivity index (χ3n) is 5.04. The summed E-state index contributed by atoms with van der Waals surface area (Å²) in [4.78, 5) is 13.2. The van der Waals surface area contributed by atoms with E-state index in [2.05, 4.69) is 15.5 Å². The molecule has 2 aromatic carbocycles. The molecule has 0 aliphatic carbocycles. The number of para-hydroxylation sites is 1. The van der Waals surface area contributed by atoms with Crippen molar-refractivity contribution in [3.8, 4) is 17.2 Å². The largest absolute Gasteiger partial charge is 0.495 e. The van der Waals surface area contributed by atoms with Gasteiger partial charge in [0.1, 0.15) is 22.0 Å². The Labute approximate surface area is 195 Å². The number of aromatic nitrogens is 4. The van der Waals surface area contributed by atoms with E-state index >= 15 is 0 Å². The molecule has 4 rings (SSSR count). The number of aryl methyl sites for hydroxylation is 1. The van der Waals surface area contributed by atoms with Crippen molar-refractivity contribution < 1.29 is 22.7 Å². The number of fused-ring (bicyclic) bond motifs is 1. The lowest BCUT2D eigenvalue weighted by atomic mass is 10.0. The van der Waals surface area contributed by atoms with E-state index in [1.54, 1.807) is 13.0 Å². The molecule has 0 bridgehead atoms. The Morgan fingerprint density at radius 2 is 1.91 bits per heavy atom. The van der Waals surface area contributed by atoms with E-state index in [9.17, 15) is 13.2 Å². The molecule has 0 N–H and O–H groups in total. The Hall–Kier alpha value is -3.12. The molecule has 2 heterocycles. The number of hydrogen-bond donors (Lipinski definition) is 0. The molecular weight excluding hydrogens is 466 g/mol. The minimum absolute atomic E-state index is 0.00296. The molecule has 1 amide bonds. The van der Waals surface area contributed by atoms with Gasteiger partial charge in [-0.05, 0) is 47.5 Å². The Bertz CT molecular complexity index is 1280. The fourth-order valence-electron chi connectivity index (χ4n) is 3.65. The number of carbonyl (C=O) groups excluding carboxylic acids is 1. The molecule has 0 radical (unpaired) electrons. The lowest BCUT2D eigenvalue weighted by Gasteiger charge is -2.15. The van der Waals surface area contributed by atoms with Crippen molar-refractivity contribution in [2.75, 3.05) is 19.6 Å². The van der Waals surface area contributed by atoms with E-state index in [0.717, 1.165) is 22.5 Å². The summed E-state index contributed by atoms with van der Waals surface area (Å²) in [5, 5.41) is 12.0. The van der Waals surface area contributed by atoms with Crippen molar-refractivity contribution >= 4 is 27.7 Å². The summed E-state index contributed by atoms with van der Waals surface area (Å²) in [7, 11) is -2.77. The van der Waals surface area contributed by atoms with Gasteiger partial charge in [0, 0.05) is 0 Å². The first-order chi connectivity index (χ1) is 15.9. The van der Waals surface area contributed by atoms with Crippen molar-refractivity contribution in [3.05, 3.63) is 47.5 Å². The van der Waals surface area contributed by atoms with E-state index < -0.39 is 15.9 Å². The number of sulfonamides is 1. The molecular formula is C21H23N5O5S2. The Kier molecular flexibility index (Phi) is 6.56. The molecule has 10 nitrogen and oxygen atoms in total. The summed E-state index contributed by atoms with van der Waals surface area (Å²) < 4.78 is 40.4. The standard InChI is InChI=1S/C21H23N5O5S2/c1-4-9-14-12-16(31-5-2)17-19(18(14)30-3)33(28,29)25(20(17)27)13-32-21-22-23-24-26(21)15-10-7-6-8-11-15/h6-8,10-12H,4-5,9,13H2,1-3H3. The SMILES string of the molecule is CCCc1cc(OCC)c2c(c1OC)S(=O)(=O)N(CSc1nnnn1-c1ccccc1)C2=O. The van der Waals surface area contributed by atoms with Gasteiger partial charge in [-0.15, -0.1) is 5.10 Å². The van der Waals surface area contributed by atoms with Crippen LogP contribution in [-0.4, -0.2) is 58.4 Å². The van der Waals surface area contributed by atoms with E-state index in [0.29, 0.717) is 22.8 Å². The Balaban J connectivity index is 1.71. The summed E-state index contributed by atoms with van der Waals surface area (Å²) in [6, 6.07) is 10.9. The fourth-order valence-corrected chi connectivity index (χ4v) is 6.50. The molecule has 1 aliphatic rings. The van der Waals surface area contributed by atoms with Crippen LogP contribution in [0.15, 0.2) is 46.5 Å². The highest BCUT2D eigenvalue weighted by Crippen LogP contribution is 2.45. The Morgan fingerprint density at radius 3 is 2.58 bits per heavy atom. The highest BCUT2D eigenvalue weighted by molar-refractivity contribution is 8.00. The monoisotopic (exact) mass is 489 g/mol. The molecule has 1 aliphatic heterocycles. The summed E-state index contributed by atoms with van der Waals surface area (Å²) in [6.07, 6.45) is 1.36. The zero-order valence-corrected chi connectivity index (χ0v) is 20.0. The van der Waals surface area contributed by atoms with E-state index in [4.69, 9.17) is 9.47 Å². The van der Waals surface area contributed by atoms with Crippen LogP contribution in [0.1, 0.15) is 36.2 Å². The van der Waals surface area contributed by atoms with Gasteiger partial charge < -0.3 is 9.47 Å². The highest BCUT2D eigenvalue weighted by atomic mass is 32.2. The quantitative estimate of drug-likeness (QED) is 0.418. The predicted octanol–water partition coefficient (Wildman–Crippen LogP) is 2.92. The third kappa shape index (κ3) is 4.04. The fraction of sp³-hybridized carbons (Fsp3) is 0.333. The average molecular weight is 490 g/mol. The van der Waals surface area contributed by atoms with E-state index in [1.807, 2.05) is 37.3 Å². The second-order valence-corrected chi connectivity index (χ2v) is 9.81. The van der Waals surface area contributed by atoms with Crippen LogP contribution in [0.25, 0.3) is 5.69 Å². The number of nitrogens with zero attached hydrogens (tertiary/aromatic N) is 5. The number of ether oxygens (including phenoxy) is 2. The number of carbonyl (C=O) groups is 1. The van der Waals surface area contributed by atoms with Gasteiger partial charge in [0.2, 0.25) is 5.16 Å². The number of amides is 1. The van der Waals surface area contributed by atoms with Crippen LogP contribution in [0.2, 0.25) is 0 Å². The zero-order valence-electron chi connectivity index (χ0n) is 18.4.